The maximum Gasteiger partial charge on any atom is 0.224 e. The minimum absolute atomic E-state index is 0.0669. The molecule has 0 fully saturated rings. The number of nitrogens with zero attached hydrogens (tertiary/aromatic N) is 1. The smallest absolute Gasteiger partial charge is 0.224 e. The molecule has 1 heterocycles. The number of Topliss-reactive ketones (excluding diaryl/α,β-unsaturated/α-hetero) is 1. The van der Waals surface area contributed by atoms with Gasteiger partial charge < -0.3 is 10.3 Å². The lowest BCUT2D eigenvalue weighted by Crippen LogP contribution is -2.12. The van der Waals surface area contributed by atoms with E-state index >= 15 is 0 Å². The average molecular weight is 307 g/mol. The largest absolute Gasteiger partial charge is 0.345 e. The van der Waals surface area contributed by atoms with Gasteiger partial charge in [0.25, 0.3) is 0 Å². The zero-order valence-corrected chi connectivity index (χ0v) is 12.6. The van der Waals surface area contributed by atoms with Crippen molar-refractivity contribution < 1.29 is 9.59 Å². The lowest BCUT2D eigenvalue weighted by Gasteiger charge is -2.05. The molecule has 0 aliphatic rings. The van der Waals surface area contributed by atoms with Crippen molar-refractivity contribution in [2.24, 2.45) is 0 Å². The first-order valence-electron chi connectivity index (χ1n) is 7.53. The third-order valence-electron chi connectivity index (χ3n) is 3.61. The molecule has 2 N–H and O–H groups in total. The van der Waals surface area contributed by atoms with Crippen molar-refractivity contribution in [1.29, 1.82) is 0 Å². The Morgan fingerprint density at radius 1 is 1.04 bits per heavy atom. The molecule has 5 heteroatoms. The van der Waals surface area contributed by atoms with Crippen molar-refractivity contribution in [3.05, 3.63) is 60.4 Å². The predicted molar refractivity (Wildman–Crippen MR) is 89.3 cm³/mol. The number of H-pyrrole nitrogens is 1. The molecule has 0 bridgehead atoms. The number of hydrogen-bond acceptors (Lipinski definition) is 3. The fourth-order valence-electron chi connectivity index (χ4n) is 2.41. The lowest BCUT2D eigenvalue weighted by atomic mass is 10.1. The molecule has 116 valence electrons. The number of fused-ring (bicyclic) bond motifs is 1. The van der Waals surface area contributed by atoms with Crippen molar-refractivity contribution in [2.75, 3.05) is 5.32 Å². The number of anilines is 1. The summed E-state index contributed by atoms with van der Waals surface area (Å²) in [4.78, 5) is 31.0. The second-order valence-corrected chi connectivity index (χ2v) is 5.33. The van der Waals surface area contributed by atoms with Crippen molar-refractivity contribution in [3.63, 3.8) is 0 Å². The Kier molecular flexibility index (Phi) is 4.47. The van der Waals surface area contributed by atoms with Gasteiger partial charge in [-0.05, 0) is 24.6 Å². The summed E-state index contributed by atoms with van der Waals surface area (Å²) >= 11 is 0. The topological polar surface area (TPSA) is 74.8 Å². The number of nitrogens with one attached hydrogen (secondary N) is 2. The van der Waals surface area contributed by atoms with Crippen LogP contribution in [-0.2, 0) is 4.79 Å². The van der Waals surface area contributed by atoms with E-state index in [4.69, 9.17) is 0 Å². The molecule has 3 rings (SSSR count). The van der Waals surface area contributed by atoms with Crippen LogP contribution in [0.15, 0.2) is 54.9 Å². The molecule has 0 saturated carbocycles. The summed E-state index contributed by atoms with van der Waals surface area (Å²) < 4.78 is 0. The van der Waals surface area contributed by atoms with Crippen molar-refractivity contribution in [1.82, 2.24) is 9.97 Å². The van der Waals surface area contributed by atoms with E-state index in [0.717, 1.165) is 16.7 Å². The molecule has 0 radical (unpaired) electrons. The summed E-state index contributed by atoms with van der Waals surface area (Å²) in [7, 11) is 0. The Balaban J connectivity index is 1.48. The van der Waals surface area contributed by atoms with Crippen LogP contribution in [0.3, 0.4) is 0 Å². The van der Waals surface area contributed by atoms with Gasteiger partial charge >= 0.3 is 0 Å². The molecule has 3 aromatic rings. The molecule has 0 atom stereocenters. The first kappa shape index (κ1) is 15.0. The Morgan fingerprint density at radius 2 is 1.87 bits per heavy atom. The van der Waals surface area contributed by atoms with Gasteiger partial charge in [0.1, 0.15) is 0 Å². The van der Waals surface area contributed by atoms with E-state index in [1.807, 2.05) is 36.4 Å². The van der Waals surface area contributed by atoms with Crippen LogP contribution in [0.25, 0.3) is 11.0 Å². The third-order valence-corrected chi connectivity index (χ3v) is 3.61. The monoisotopic (exact) mass is 307 g/mol. The molecule has 1 amide bonds. The highest BCUT2D eigenvalue weighted by molar-refractivity contribution is 5.97. The molecular formula is C18H17N3O2. The highest BCUT2D eigenvalue weighted by Crippen LogP contribution is 2.16. The van der Waals surface area contributed by atoms with Crippen molar-refractivity contribution in [2.45, 2.75) is 19.3 Å². The number of amides is 1. The molecule has 0 saturated heterocycles. The molecular weight excluding hydrogens is 290 g/mol. The van der Waals surface area contributed by atoms with E-state index < -0.39 is 0 Å². The number of carbonyl (C=O) groups is 2. The van der Waals surface area contributed by atoms with Crippen LogP contribution in [0.2, 0.25) is 0 Å². The van der Waals surface area contributed by atoms with Crippen LogP contribution in [0.1, 0.15) is 29.6 Å². The molecule has 0 spiro atoms. The summed E-state index contributed by atoms with van der Waals surface area (Å²) in [6.45, 7) is 0. The highest BCUT2D eigenvalue weighted by atomic mass is 16.1. The van der Waals surface area contributed by atoms with Gasteiger partial charge in [-0.2, -0.15) is 0 Å². The Hall–Kier alpha value is -2.95. The van der Waals surface area contributed by atoms with Gasteiger partial charge in [0.05, 0.1) is 17.4 Å². The van der Waals surface area contributed by atoms with E-state index in [9.17, 15) is 9.59 Å². The number of aromatic amines is 1. The summed E-state index contributed by atoms with van der Waals surface area (Å²) in [5, 5.41) is 2.84. The first-order chi connectivity index (χ1) is 11.2. The van der Waals surface area contributed by atoms with Gasteiger partial charge in [0.15, 0.2) is 5.78 Å². The standard InChI is InChI=1S/C18H17N3O2/c22-17(13-5-2-1-3-6-13)7-4-8-18(23)21-14-9-10-15-16(11-14)20-12-19-15/h1-3,5-6,9-12H,4,7-8H2,(H,19,20)(H,21,23). The van der Waals surface area contributed by atoms with Crippen LogP contribution < -0.4 is 5.32 Å². The molecule has 2 aromatic carbocycles. The maximum atomic E-state index is 12.0. The Bertz CT molecular complexity index is 824. The number of hydrogen-bond donors (Lipinski definition) is 2. The highest BCUT2D eigenvalue weighted by Gasteiger charge is 2.08. The van der Waals surface area contributed by atoms with Crippen molar-refractivity contribution >= 4 is 28.4 Å². The Morgan fingerprint density at radius 3 is 2.70 bits per heavy atom. The second-order valence-electron chi connectivity index (χ2n) is 5.33. The van der Waals surface area contributed by atoms with Gasteiger partial charge in [0.2, 0.25) is 5.91 Å². The number of imidazole rings is 1. The molecule has 1 aromatic heterocycles. The van der Waals surface area contributed by atoms with Gasteiger partial charge in [-0.15, -0.1) is 0 Å². The van der Waals surface area contributed by atoms with Crippen LogP contribution >= 0.6 is 0 Å². The van der Waals surface area contributed by atoms with Crippen LogP contribution in [0.5, 0.6) is 0 Å². The quantitative estimate of drug-likeness (QED) is 0.684. The predicted octanol–water partition coefficient (Wildman–Crippen LogP) is 3.55. The second kappa shape index (κ2) is 6.87. The number of benzene rings is 2. The normalized spacial score (nSPS) is 10.6. The lowest BCUT2D eigenvalue weighted by molar-refractivity contribution is -0.116. The van der Waals surface area contributed by atoms with Gasteiger partial charge in [-0.25, -0.2) is 4.98 Å². The van der Waals surface area contributed by atoms with Crippen molar-refractivity contribution in [3.8, 4) is 0 Å². The van der Waals surface area contributed by atoms with Gasteiger partial charge in [-0.3, -0.25) is 9.59 Å². The minimum Gasteiger partial charge on any atom is -0.345 e. The van der Waals surface area contributed by atoms with Gasteiger partial charge in [0, 0.05) is 24.1 Å². The molecule has 0 aliphatic heterocycles. The summed E-state index contributed by atoms with van der Waals surface area (Å²) in [6.07, 6.45) is 2.84. The fourth-order valence-corrected chi connectivity index (χ4v) is 2.41. The average Bonchev–Trinajstić information content (AvgIpc) is 3.03. The van der Waals surface area contributed by atoms with E-state index in [0.29, 0.717) is 24.8 Å². The first-order valence-corrected chi connectivity index (χ1v) is 7.53. The third kappa shape index (κ3) is 3.83. The molecule has 0 aliphatic carbocycles. The SMILES string of the molecule is O=C(CCCC(=O)c1ccccc1)Nc1ccc2nc[nH]c2c1. The number of rotatable bonds is 6. The summed E-state index contributed by atoms with van der Waals surface area (Å²) in [5.74, 6) is -0.0259. The zero-order valence-electron chi connectivity index (χ0n) is 12.6. The van der Waals surface area contributed by atoms with E-state index in [1.165, 1.54) is 0 Å². The van der Waals surface area contributed by atoms with Crippen LogP contribution in [0.4, 0.5) is 5.69 Å². The molecule has 5 nitrogen and oxygen atoms in total. The fraction of sp³-hybridized carbons (Fsp3) is 0.167. The van der Waals surface area contributed by atoms with E-state index in [-0.39, 0.29) is 11.7 Å². The number of ketones is 1. The van der Waals surface area contributed by atoms with Gasteiger partial charge in [-0.1, -0.05) is 30.3 Å². The summed E-state index contributed by atoms with van der Waals surface area (Å²) in [5.41, 5.74) is 3.15. The van der Waals surface area contributed by atoms with Crippen LogP contribution in [-0.4, -0.2) is 21.7 Å². The zero-order chi connectivity index (χ0) is 16.1. The number of aromatic nitrogens is 2. The number of carbonyl (C=O) groups excluding carboxylic acids is 2. The van der Waals surface area contributed by atoms with E-state index in [2.05, 4.69) is 15.3 Å². The Labute approximate surface area is 133 Å². The molecule has 0 unspecified atom stereocenters. The van der Waals surface area contributed by atoms with Crippen LogP contribution in [0, 0.1) is 0 Å². The maximum absolute atomic E-state index is 12.0. The molecule has 23 heavy (non-hydrogen) atoms. The minimum atomic E-state index is -0.0928. The summed E-state index contributed by atoms with van der Waals surface area (Å²) in [6, 6.07) is 14.6. The van der Waals surface area contributed by atoms with E-state index in [1.54, 1.807) is 18.5 Å².